The minimum atomic E-state index is 0.675. The lowest BCUT2D eigenvalue weighted by molar-refractivity contribution is 0.177. The molecule has 2 aliphatic heterocycles. The van der Waals surface area contributed by atoms with Crippen molar-refractivity contribution in [2.75, 3.05) is 18.0 Å². The highest BCUT2D eigenvalue weighted by Gasteiger charge is 2.40. The summed E-state index contributed by atoms with van der Waals surface area (Å²) < 4.78 is 1.91. The maximum atomic E-state index is 4.30. The summed E-state index contributed by atoms with van der Waals surface area (Å²) in [5.41, 5.74) is 1.31. The SMILES string of the molecule is CC(C)N1CC2CCC(C1)N2c1cnn(C)c1. The fourth-order valence-corrected chi connectivity index (χ4v) is 3.32. The molecule has 94 valence electrons. The van der Waals surface area contributed by atoms with Gasteiger partial charge in [-0.15, -0.1) is 0 Å². The molecular weight excluding hydrogens is 212 g/mol. The number of likely N-dealkylation sites (tertiary alicyclic amines) is 1. The van der Waals surface area contributed by atoms with Crippen LogP contribution in [0.3, 0.4) is 0 Å². The third kappa shape index (κ3) is 1.84. The van der Waals surface area contributed by atoms with Crippen LogP contribution < -0.4 is 4.90 Å². The van der Waals surface area contributed by atoms with Gasteiger partial charge in [0.2, 0.25) is 0 Å². The van der Waals surface area contributed by atoms with Crippen molar-refractivity contribution < 1.29 is 0 Å². The standard InChI is InChI=1S/C13H22N4/c1-10(2)16-8-11-4-5-12(9-16)17(11)13-6-14-15(3)7-13/h6-7,10-12H,4-5,8-9H2,1-3H3. The maximum Gasteiger partial charge on any atom is 0.0758 e. The highest BCUT2D eigenvalue weighted by Crippen LogP contribution is 2.34. The Bertz CT molecular complexity index is 384. The summed E-state index contributed by atoms with van der Waals surface area (Å²) in [6.45, 7) is 7.03. The van der Waals surface area contributed by atoms with Gasteiger partial charge >= 0.3 is 0 Å². The number of hydrogen-bond donors (Lipinski definition) is 0. The molecule has 2 unspecified atom stereocenters. The Hall–Kier alpha value is -1.03. The lowest BCUT2D eigenvalue weighted by Crippen LogP contribution is -2.55. The van der Waals surface area contributed by atoms with Crippen LogP contribution in [0.15, 0.2) is 12.4 Å². The number of piperazine rings is 1. The van der Waals surface area contributed by atoms with E-state index in [1.807, 2.05) is 17.9 Å². The molecule has 0 radical (unpaired) electrons. The average molecular weight is 234 g/mol. The highest BCUT2D eigenvalue weighted by molar-refractivity contribution is 5.47. The number of hydrogen-bond acceptors (Lipinski definition) is 3. The van der Waals surface area contributed by atoms with Crippen molar-refractivity contribution in [3.63, 3.8) is 0 Å². The van der Waals surface area contributed by atoms with E-state index in [1.54, 1.807) is 0 Å². The number of anilines is 1. The Balaban J connectivity index is 1.81. The molecule has 0 aliphatic carbocycles. The van der Waals surface area contributed by atoms with Gasteiger partial charge in [-0.1, -0.05) is 0 Å². The molecule has 2 fully saturated rings. The first-order valence-electron chi connectivity index (χ1n) is 6.66. The van der Waals surface area contributed by atoms with Gasteiger partial charge in [-0.25, -0.2) is 0 Å². The minimum absolute atomic E-state index is 0.675. The molecule has 1 aromatic rings. The fourth-order valence-electron chi connectivity index (χ4n) is 3.32. The number of nitrogens with zero attached hydrogens (tertiary/aromatic N) is 4. The van der Waals surface area contributed by atoms with Crippen molar-refractivity contribution in [2.24, 2.45) is 7.05 Å². The van der Waals surface area contributed by atoms with E-state index in [-0.39, 0.29) is 0 Å². The van der Waals surface area contributed by atoms with E-state index in [9.17, 15) is 0 Å². The Labute approximate surface area is 103 Å². The minimum Gasteiger partial charge on any atom is -0.360 e. The van der Waals surface area contributed by atoms with Crippen LogP contribution in [0.4, 0.5) is 5.69 Å². The lowest BCUT2D eigenvalue weighted by atomic mass is 10.1. The van der Waals surface area contributed by atoms with Crippen LogP contribution in [0.2, 0.25) is 0 Å². The molecule has 4 nitrogen and oxygen atoms in total. The molecule has 0 N–H and O–H groups in total. The summed E-state index contributed by atoms with van der Waals surface area (Å²) in [4.78, 5) is 5.22. The van der Waals surface area contributed by atoms with Gasteiger partial charge < -0.3 is 4.90 Å². The second kappa shape index (κ2) is 4.02. The van der Waals surface area contributed by atoms with Crippen molar-refractivity contribution in [1.82, 2.24) is 14.7 Å². The van der Waals surface area contributed by atoms with E-state index in [4.69, 9.17) is 0 Å². The van der Waals surface area contributed by atoms with Gasteiger partial charge in [0, 0.05) is 44.5 Å². The lowest BCUT2D eigenvalue weighted by Gasteiger charge is -2.43. The van der Waals surface area contributed by atoms with Crippen LogP contribution in [0.25, 0.3) is 0 Å². The molecule has 0 saturated carbocycles. The normalized spacial score (nSPS) is 29.3. The van der Waals surface area contributed by atoms with Gasteiger partial charge in [0.05, 0.1) is 11.9 Å². The van der Waals surface area contributed by atoms with Gasteiger partial charge in [-0.05, 0) is 26.7 Å². The first kappa shape index (κ1) is 11.1. The molecule has 0 aromatic carbocycles. The average Bonchev–Trinajstić information content (AvgIpc) is 2.80. The zero-order valence-corrected chi connectivity index (χ0v) is 11.0. The molecule has 0 spiro atoms. The summed E-state index contributed by atoms with van der Waals surface area (Å²) in [7, 11) is 2.00. The smallest absolute Gasteiger partial charge is 0.0758 e. The van der Waals surface area contributed by atoms with E-state index >= 15 is 0 Å². The molecule has 2 atom stereocenters. The molecule has 2 bridgehead atoms. The number of fused-ring (bicyclic) bond motifs is 2. The van der Waals surface area contributed by atoms with Gasteiger partial charge in [-0.3, -0.25) is 9.58 Å². The second-order valence-electron chi connectivity index (χ2n) is 5.71. The Kier molecular flexibility index (Phi) is 2.62. The summed E-state index contributed by atoms with van der Waals surface area (Å²) >= 11 is 0. The van der Waals surface area contributed by atoms with E-state index in [1.165, 1.54) is 31.6 Å². The first-order chi connectivity index (χ1) is 8.15. The summed E-state index contributed by atoms with van der Waals surface area (Å²) in [6.07, 6.45) is 6.83. The van der Waals surface area contributed by atoms with Gasteiger partial charge in [-0.2, -0.15) is 5.10 Å². The van der Waals surface area contributed by atoms with E-state index in [0.29, 0.717) is 18.1 Å². The van der Waals surface area contributed by atoms with Gasteiger partial charge in [0.15, 0.2) is 0 Å². The highest BCUT2D eigenvalue weighted by atomic mass is 15.4. The molecule has 2 aliphatic rings. The van der Waals surface area contributed by atoms with Crippen LogP contribution in [0.5, 0.6) is 0 Å². The molecule has 3 heterocycles. The van der Waals surface area contributed by atoms with Crippen LogP contribution in [-0.2, 0) is 7.05 Å². The third-order valence-electron chi connectivity index (χ3n) is 4.23. The van der Waals surface area contributed by atoms with Crippen LogP contribution in [-0.4, -0.2) is 45.9 Å². The maximum absolute atomic E-state index is 4.30. The topological polar surface area (TPSA) is 24.3 Å². The van der Waals surface area contributed by atoms with E-state index in [2.05, 4.69) is 34.9 Å². The van der Waals surface area contributed by atoms with E-state index < -0.39 is 0 Å². The summed E-state index contributed by atoms with van der Waals surface area (Å²) in [6, 6.07) is 2.06. The summed E-state index contributed by atoms with van der Waals surface area (Å²) in [5, 5.41) is 4.30. The number of rotatable bonds is 2. The van der Waals surface area contributed by atoms with Gasteiger partial charge in [0.25, 0.3) is 0 Å². The van der Waals surface area contributed by atoms with E-state index in [0.717, 1.165) is 0 Å². The second-order valence-corrected chi connectivity index (χ2v) is 5.71. The predicted octanol–water partition coefficient (Wildman–Crippen LogP) is 1.48. The van der Waals surface area contributed by atoms with Gasteiger partial charge in [0.1, 0.15) is 0 Å². The molecular formula is C13H22N4. The largest absolute Gasteiger partial charge is 0.360 e. The quantitative estimate of drug-likeness (QED) is 0.774. The number of aromatic nitrogens is 2. The molecule has 2 saturated heterocycles. The van der Waals surface area contributed by atoms with Crippen LogP contribution in [0, 0.1) is 0 Å². The third-order valence-corrected chi connectivity index (χ3v) is 4.23. The van der Waals surface area contributed by atoms with Crippen molar-refractivity contribution in [1.29, 1.82) is 0 Å². The van der Waals surface area contributed by atoms with Crippen LogP contribution in [0.1, 0.15) is 26.7 Å². The molecule has 4 heteroatoms. The Morgan fingerprint density at radius 2 is 1.88 bits per heavy atom. The molecule has 3 rings (SSSR count). The first-order valence-corrected chi connectivity index (χ1v) is 6.66. The molecule has 17 heavy (non-hydrogen) atoms. The molecule has 0 amide bonds. The van der Waals surface area contributed by atoms with Crippen molar-refractivity contribution in [3.8, 4) is 0 Å². The molecule has 1 aromatic heterocycles. The number of aryl methyl sites for hydroxylation is 1. The predicted molar refractivity (Wildman–Crippen MR) is 69.2 cm³/mol. The van der Waals surface area contributed by atoms with Crippen LogP contribution >= 0.6 is 0 Å². The Morgan fingerprint density at radius 3 is 2.35 bits per heavy atom. The van der Waals surface area contributed by atoms with Crippen molar-refractivity contribution in [2.45, 2.75) is 44.8 Å². The monoisotopic (exact) mass is 234 g/mol. The van der Waals surface area contributed by atoms with Crippen molar-refractivity contribution >= 4 is 5.69 Å². The summed E-state index contributed by atoms with van der Waals surface area (Å²) in [5.74, 6) is 0. The Morgan fingerprint density at radius 1 is 1.24 bits per heavy atom. The fraction of sp³-hybridized carbons (Fsp3) is 0.769. The zero-order valence-electron chi connectivity index (χ0n) is 11.0. The zero-order chi connectivity index (χ0) is 12.0. The van der Waals surface area contributed by atoms with Crippen molar-refractivity contribution in [3.05, 3.63) is 12.4 Å².